The molecular weight excluding hydrogens is 473 g/mol. The molecule has 0 aliphatic heterocycles. The van der Waals surface area contributed by atoms with Crippen LogP contribution in [0.3, 0.4) is 0 Å². The van der Waals surface area contributed by atoms with Crippen LogP contribution in [0.5, 0.6) is 0 Å². The number of aromatic nitrogens is 3. The summed E-state index contributed by atoms with van der Waals surface area (Å²) in [7, 11) is 0. The molecule has 0 fully saturated rings. The molecule has 1 atom stereocenters. The molecule has 2 aromatic heterocycles. The fourth-order valence-corrected chi connectivity index (χ4v) is 3.73. The van der Waals surface area contributed by atoms with Gasteiger partial charge in [-0.15, -0.1) is 0 Å². The van der Waals surface area contributed by atoms with E-state index < -0.39 is 29.5 Å². The van der Waals surface area contributed by atoms with Crippen molar-refractivity contribution in [2.24, 2.45) is 5.73 Å². The lowest BCUT2D eigenvalue weighted by Gasteiger charge is -2.17. The van der Waals surface area contributed by atoms with Crippen LogP contribution in [0.25, 0.3) is 17.1 Å². The number of primary amides is 1. The van der Waals surface area contributed by atoms with Crippen molar-refractivity contribution in [3.05, 3.63) is 101 Å². The highest BCUT2D eigenvalue weighted by Crippen LogP contribution is 2.28. The third-order valence-corrected chi connectivity index (χ3v) is 5.46. The average Bonchev–Trinajstić information content (AvgIpc) is 3.25. The molecular formula is C25H19ClFN5O3. The van der Waals surface area contributed by atoms with Gasteiger partial charge in [0, 0.05) is 18.2 Å². The minimum Gasteiger partial charge on any atom is -0.363 e. The van der Waals surface area contributed by atoms with Crippen LogP contribution in [0, 0.1) is 5.82 Å². The maximum Gasteiger partial charge on any atom is 0.287 e. The number of carbonyl (C=O) groups excluding carboxylic acids is 3. The molecule has 176 valence electrons. The van der Waals surface area contributed by atoms with Crippen LogP contribution in [0.15, 0.2) is 79.1 Å². The second kappa shape index (κ2) is 10.3. The largest absolute Gasteiger partial charge is 0.363 e. The summed E-state index contributed by atoms with van der Waals surface area (Å²) in [6.07, 6.45) is 3.01. The summed E-state index contributed by atoms with van der Waals surface area (Å²) in [4.78, 5) is 41.5. The number of nitrogens with zero attached hydrogens (tertiary/aromatic N) is 3. The van der Waals surface area contributed by atoms with E-state index in [1.54, 1.807) is 30.3 Å². The molecule has 0 saturated heterocycles. The molecule has 2 aromatic carbocycles. The van der Waals surface area contributed by atoms with E-state index in [1.165, 1.54) is 47.4 Å². The van der Waals surface area contributed by atoms with Gasteiger partial charge in [-0.25, -0.2) is 14.1 Å². The molecule has 35 heavy (non-hydrogen) atoms. The van der Waals surface area contributed by atoms with E-state index in [-0.39, 0.29) is 22.8 Å². The van der Waals surface area contributed by atoms with Gasteiger partial charge in [0.1, 0.15) is 17.6 Å². The third-order valence-electron chi connectivity index (χ3n) is 5.18. The van der Waals surface area contributed by atoms with E-state index in [9.17, 15) is 18.8 Å². The number of amides is 2. The standard InChI is InChI=1S/C25H19ClFN5O3/c26-19-14-32(31-21(19)16-8-10-17(27)11-9-16)24-18(7-4-12-29-24)25(35)30-20(22(33)23(28)34)13-15-5-2-1-3-6-15/h1-12,14,20H,13H2,(H2,28,34)(H,30,35). The van der Waals surface area contributed by atoms with Crippen LogP contribution in [0.4, 0.5) is 4.39 Å². The first-order valence-electron chi connectivity index (χ1n) is 10.5. The van der Waals surface area contributed by atoms with Gasteiger partial charge in [0.2, 0.25) is 5.78 Å². The number of hydrogen-bond acceptors (Lipinski definition) is 5. The topological polar surface area (TPSA) is 120 Å². The summed E-state index contributed by atoms with van der Waals surface area (Å²) >= 11 is 6.35. The first-order valence-corrected chi connectivity index (χ1v) is 10.9. The molecule has 4 rings (SSSR count). The summed E-state index contributed by atoms with van der Waals surface area (Å²) in [6.45, 7) is 0. The van der Waals surface area contributed by atoms with Crippen molar-refractivity contribution in [2.45, 2.75) is 12.5 Å². The van der Waals surface area contributed by atoms with E-state index in [2.05, 4.69) is 15.4 Å². The smallest absolute Gasteiger partial charge is 0.287 e. The molecule has 0 radical (unpaired) electrons. The first kappa shape index (κ1) is 23.8. The van der Waals surface area contributed by atoms with Crippen molar-refractivity contribution in [1.82, 2.24) is 20.1 Å². The maximum absolute atomic E-state index is 13.3. The number of carbonyl (C=O) groups is 3. The monoisotopic (exact) mass is 491 g/mol. The molecule has 0 aliphatic rings. The van der Waals surface area contributed by atoms with Crippen molar-refractivity contribution in [1.29, 1.82) is 0 Å². The van der Waals surface area contributed by atoms with E-state index in [0.29, 0.717) is 11.3 Å². The average molecular weight is 492 g/mol. The minimum atomic E-state index is -1.17. The predicted molar refractivity (Wildman–Crippen MR) is 127 cm³/mol. The number of ketones is 1. The number of nitrogens with one attached hydrogen (secondary N) is 1. The van der Waals surface area contributed by atoms with Crippen molar-refractivity contribution in [2.75, 3.05) is 0 Å². The highest BCUT2D eigenvalue weighted by atomic mass is 35.5. The Morgan fingerprint density at radius 1 is 1.03 bits per heavy atom. The van der Waals surface area contributed by atoms with Crippen molar-refractivity contribution in [3.63, 3.8) is 0 Å². The Balaban J connectivity index is 1.64. The van der Waals surface area contributed by atoms with E-state index in [4.69, 9.17) is 17.3 Å². The highest BCUT2D eigenvalue weighted by Gasteiger charge is 2.27. The van der Waals surface area contributed by atoms with Gasteiger partial charge in [-0.1, -0.05) is 41.9 Å². The lowest BCUT2D eigenvalue weighted by Crippen LogP contribution is -2.47. The van der Waals surface area contributed by atoms with Crippen molar-refractivity contribution < 1.29 is 18.8 Å². The Bertz CT molecular complexity index is 1390. The molecule has 4 aromatic rings. The number of halogens is 2. The van der Waals surface area contributed by atoms with E-state index >= 15 is 0 Å². The fraction of sp³-hybridized carbons (Fsp3) is 0.0800. The van der Waals surface area contributed by atoms with Gasteiger partial charge >= 0.3 is 0 Å². The van der Waals surface area contributed by atoms with E-state index in [1.807, 2.05) is 6.07 Å². The van der Waals surface area contributed by atoms with Crippen LogP contribution in [0.1, 0.15) is 15.9 Å². The molecule has 1 unspecified atom stereocenters. The zero-order chi connectivity index (χ0) is 24.9. The molecule has 0 saturated carbocycles. The summed E-state index contributed by atoms with van der Waals surface area (Å²) in [5.41, 5.74) is 6.98. The van der Waals surface area contributed by atoms with Crippen molar-refractivity contribution in [3.8, 4) is 17.1 Å². The van der Waals surface area contributed by atoms with Crippen LogP contribution in [0.2, 0.25) is 5.02 Å². The van der Waals surface area contributed by atoms with Crippen LogP contribution < -0.4 is 11.1 Å². The van der Waals surface area contributed by atoms with Gasteiger partial charge < -0.3 is 11.1 Å². The van der Waals surface area contributed by atoms with Gasteiger partial charge in [0.15, 0.2) is 5.82 Å². The van der Waals surface area contributed by atoms with Gasteiger partial charge in [-0.05, 0) is 42.0 Å². The molecule has 10 heteroatoms. The Kier molecular flexibility index (Phi) is 6.98. The molecule has 8 nitrogen and oxygen atoms in total. The summed E-state index contributed by atoms with van der Waals surface area (Å²) < 4.78 is 14.6. The molecule has 0 spiro atoms. The van der Waals surface area contributed by atoms with Gasteiger partial charge in [-0.2, -0.15) is 5.10 Å². The van der Waals surface area contributed by atoms with Crippen LogP contribution in [-0.2, 0) is 16.0 Å². The highest BCUT2D eigenvalue weighted by molar-refractivity contribution is 6.38. The number of nitrogens with two attached hydrogens (primary N) is 1. The third kappa shape index (κ3) is 5.42. The molecule has 0 bridgehead atoms. The van der Waals surface area contributed by atoms with Crippen LogP contribution >= 0.6 is 11.6 Å². The minimum absolute atomic E-state index is 0.0757. The molecule has 3 N–H and O–H groups in total. The second-order valence-electron chi connectivity index (χ2n) is 7.60. The second-order valence-corrected chi connectivity index (χ2v) is 8.00. The summed E-state index contributed by atoms with van der Waals surface area (Å²) in [5, 5.41) is 7.26. The van der Waals surface area contributed by atoms with Gasteiger partial charge in [0.25, 0.3) is 11.8 Å². The predicted octanol–water partition coefficient (Wildman–Crippen LogP) is 3.12. The van der Waals surface area contributed by atoms with Gasteiger partial charge in [0.05, 0.1) is 16.8 Å². The number of benzene rings is 2. The first-order chi connectivity index (χ1) is 16.8. The maximum atomic E-state index is 13.3. The fourth-order valence-electron chi connectivity index (χ4n) is 3.49. The van der Waals surface area contributed by atoms with Crippen LogP contribution in [-0.4, -0.2) is 38.4 Å². The lowest BCUT2D eigenvalue weighted by atomic mass is 10.0. The SMILES string of the molecule is NC(=O)C(=O)C(Cc1ccccc1)NC(=O)c1cccnc1-n1cc(Cl)c(-c2ccc(F)cc2)n1. The number of hydrogen-bond donors (Lipinski definition) is 2. The quantitative estimate of drug-likeness (QED) is 0.367. The molecule has 0 aliphatic carbocycles. The number of rotatable bonds is 8. The summed E-state index contributed by atoms with van der Waals surface area (Å²) in [6, 6.07) is 16.4. The summed E-state index contributed by atoms with van der Waals surface area (Å²) in [5.74, 6) is -2.99. The van der Waals surface area contributed by atoms with E-state index in [0.717, 1.165) is 5.56 Å². The Morgan fingerprint density at radius 3 is 2.43 bits per heavy atom. The normalized spacial score (nSPS) is 11.6. The Morgan fingerprint density at radius 2 is 1.74 bits per heavy atom. The number of pyridine rings is 1. The number of Topliss-reactive ketones (excluding diaryl/α,β-unsaturated/α-hetero) is 1. The molecule has 2 amide bonds. The zero-order valence-corrected chi connectivity index (χ0v) is 18.9. The van der Waals surface area contributed by atoms with Crippen molar-refractivity contribution >= 4 is 29.2 Å². The zero-order valence-electron chi connectivity index (χ0n) is 18.2. The Hall–Kier alpha value is -4.37. The lowest BCUT2D eigenvalue weighted by molar-refractivity contribution is -0.137. The molecule has 2 heterocycles. The Labute approximate surface area is 204 Å². The van der Waals surface area contributed by atoms with Gasteiger partial charge in [-0.3, -0.25) is 14.4 Å².